The zero-order valence-corrected chi connectivity index (χ0v) is 17.0. The minimum absolute atomic E-state index is 0.0365. The van der Waals surface area contributed by atoms with Crippen molar-refractivity contribution in [1.29, 1.82) is 0 Å². The van der Waals surface area contributed by atoms with Crippen molar-refractivity contribution in [3.63, 3.8) is 0 Å². The minimum atomic E-state index is -0.168. The van der Waals surface area contributed by atoms with Gasteiger partial charge >= 0.3 is 0 Å². The Morgan fingerprint density at radius 1 is 1.34 bits per heavy atom. The molecule has 2 aromatic rings. The van der Waals surface area contributed by atoms with E-state index < -0.39 is 0 Å². The molecule has 0 saturated carbocycles. The van der Waals surface area contributed by atoms with Gasteiger partial charge in [0.05, 0.1) is 25.1 Å². The second-order valence-electron chi connectivity index (χ2n) is 6.95. The number of nitrogens with zero attached hydrogens (tertiary/aromatic N) is 3. The molecular formula is C22H27N3O4. The summed E-state index contributed by atoms with van der Waals surface area (Å²) in [7, 11) is 1.59. The molecule has 1 amide bonds. The van der Waals surface area contributed by atoms with Crippen LogP contribution in [-0.2, 0) is 11.3 Å². The highest BCUT2D eigenvalue weighted by Crippen LogP contribution is 2.29. The number of carbonyl (C=O) groups excluding carboxylic acids is 1. The molecule has 3 rings (SSSR count). The molecule has 7 heteroatoms. The fraction of sp³-hybridized carbons (Fsp3) is 0.409. The summed E-state index contributed by atoms with van der Waals surface area (Å²) in [6, 6.07) is 5.66. The molecule has 1 aromatic heterocycles. The number of hydrogen-bond donors (Lipinski definition) is 0. The first-order valence-corrected chi connectivity index (χ1v) is 9.71. The molecule has 0 unspecified atom stereocenters. The van der Waals surface area contributed by atoms with Gasteiger partial charge in [-0.05, 0) is 37.5 Å². The zero-order chi connectivity index (χ0) is 20.6. The highest BCUT2D eigenvalue weighted by Gasteiger charge is 2.25. The van der Waals surface area contributed by atoms with Gasteiger partial charge in [0.15, 0.2) is 11.5 Å². The van der Waals surface area contributed by atoms with Crippen LogP contribution in [0.1, 0.15) is 34.6 Å². The van der Waals surface area contributed by atoms with Gasteiger partial charge in [-0.1, -0.05) is 18.7 Å². The van der Waals surface area contributed by atoms with Crippen molar-refractivity contribution in [2.24, 2.45) is 0 Å². The van der Waals surface area contributed by atoms with Crippen LogP contribution in [0.4, 0.5) is 0 Å². The molecule has 1 aliphatic heterocycles. The summed E-state index contributed by atoms with van der Waals surface area (Å²) >= 11 is 0. The summed E-state index contributed by atoms with van der Waals surface area (Å²) in [6.07, 6.45) is 6.80. The molecule has 0 N–H and O–H groups in total. The number of carbonyl (C=O) groups is 1. The third-order valence-corrected chi connectivity index (χ3v) is 4.69. The lowest BCUT2D eigenvalue weighted by Gasteiger charge is -2.25. The van der Waals surface area contributed by atoms with Crippen LogP contribution in [0.5, 0.6) is 11.5 Å². The maximum Gasteiger partial charge on any atom is 0.274 e. The molecule has 29 heavy (non-hydrogen) atoms. The predicted molar refractivity (Wildman–Crippen MR) is 109 cm³/mol. The molecule has 1 saturated heterocycles. The molecule has 154 valence electrons. The van der Waals surface area contributed by atoms with Crippen molar-refractivity contribution in [3.05, 3.63) is 60.2 Å². The maximum absolute atomic E-state index is 13.1. The normalized spacial score (nSPS) is 15.7. The Bertz CT molecular complexity index is 832. The van der Waals surface area contributed by atoms with Crippen LogP contribution >= 0.6 is 0 Å². The SMILES string of the molecule is C=CCOc1ccc(CN(C[C@@H]2CCCO2)C(=O)c2cnc(C)cn2)cc1OC. The van der Waals surface area contributed by atoms with Crippen molar-refractivity contribution in [1.82, 2.24) is 14.9 Å². The van der Waals surface area contributed by atoms with E-state index in [1.165, 1.54) is 6.20 Å². The second-order valence-corrected chi connectivity index (χ2v) is 6.95. The lowest BCUT2D eigenvalue weighted by Crippen LogP contribution is -2.37. The van der Waals surface area contributed by atoms with E-state index in [0.717, 1.165) is 30.7 Å². The van der Waals surface area contributed by atoms with E-state index in [0.29, 0.717) is 36.9 Å². The van der Waals surface area contributed by atoms with Crippen LogP contribution in [0.3, 0.4) is 0 Å². The van der Waals surface area contributed by atoms with Crippen LogP contribution in [0.25, 0.3) is 0 Å². The van der Waals surface area contributed by atoms with Crippen molar-refractivity contribution >= 4 is 5.91 Å². The summed E-state index contributed by atoms with van der Waals surface area (Å²) in [5.41, 5.74) is 2.03. The third-order valence-electron chi connectivity index (χ3n) is 4.69. The first-order valence-electron chi connectivity index (χ1n) is 9.71. The molecule has 0 spiro atoms. The van der Waals surface area contributed by atoms with Gasteiger partial charge in [0.2, 0.25) is 0 Å². The molecule has 2 heterocycles. The van der Waals surface area contributed by atoms with Gasteiger partial charge in [-0.2, -0.15) is 0 Å². The molecule has 0 radical (unpaired) electrons. The fourth-order valence-corrected chi connectivity index (χ4v) is 3.22. The summed E-state index contributed by atoms with van der Waals surface area (Å²) in [6.45, 7) is 7.54. The quantitative estimate of drug-likeness (QED) is 0.605. The standard InChI is InChI=1S/C22H27N3O4/c1-4-9-29-20-8-7-17(11-21(20)27-3)14-25(15-18-6-5-10-28-18)22(26)19-13-23-16(2)12-24-19/h4,7-8,11-13,18H,1,5-6,9-10,14-15H2,2-3H3/t18-/m0/s1. The van der Waals surface area contributed by atoms with Crippen molar-refractivity contribution < 1.29 is 19.0 Å². The van der Waals surface area contributed by atoms with Crippen LogP contribution < -0.4 is 9.47 Å². The average Bonchev–Trinajstić information content (AvgIpc) is 3.25. The van der Waals surface area contributed by atoms with Crippen molar-refractivity contribution in [2.45, 2.75) is 32.4 Å². The Labute approximate surface area is 171 Å². The second kappa shape index (κ2) is 10.0. The Hall–Kier alpha value is -2.93. The molecular weight excluding hydrogens is 370 g/mol. The van der Waals surface area contributed by atoms with Crippen LogP contribution in [0.15, 0.2) is 43.2 Å². The lowest BCUT2D eigenvalue weighted by molar-refractivity contribution is 0.0502. The van der Waals surface area contributed by atoms with E-state index in [1.807, 2.05) is 25.1 Å². The van der Waals surface area contributed by atoms with Gasteiger partial charge in [-0.25, -0.2) is 4.98 Å². The summed E-state index contributed by atoms with van der Waals surface area (Å²) in [4.78, 5) is 23.3. The summed E-state index contributed by atoms with van der Waals surface area (Å²) in [5, 5.41) is 0. The topological polar surface area (TPSA) is 73.8 Å². The van der Waals surface area contributed by atoms with E-state index in [9.17, 15) is 4.79 Å². The molecule has 1 fully saturated rings. The van der Waals surface area contributed by atoms with Crippen molar-refractivity contribution in [2.75, 3.05) is 26.9 Å². The number of hydrogen-bond acceptors (Lipinski definition) is 6. The number of rotatable bonds is 9. The highest BCUT2D eigenvalue weighted by atomic mass is 16.5. The molecule has 1 aliphatic rings. The minimum Gasteiger partial charge on any atom is -0.493 e. The lowest BCUT2D eigenvalue weighted by atomic mass is 10.1. The zero-order valence-electron chi connectivity index (χ0n) is 17.0. The molecule has 0 bridgehead atoms. The number of methoxy groups -OCH3 is 1. The number of aryl methyl sites for hydroxylation is 1. The van der Waals surface area contributed by atoms with E-state index >= 15 is 0 Å². The Morgan fingerprint density at radius 3 is 2.86 bits per heavy atom. The fourth-order valence-electron chi connectivity index (χ4n) is 3.22. The molecule has 1 atom stereocenters. The Morgan fingerprint density at radius 2 is 2.21 bits per heavy atom. The third kappa shape index (κ3) is 5.54. The van der Waals surface area contributed by atoms with Crippen LogP contribution in [-0.4, -0.2) is 53.7 Å². The predicted octanol–water partition coefficient (Wildman–Crippen LogP) is 3.18. The Kier molecular flexibility index (Phi) is 7.19. The number of ether oxygens (including phenoxy) is 3. The summed E-state index contributed by atoms with van der Waals surface area (Å²) < 4.78 is 16.8. The highest BCUT2D eigenvalue weighted by molar-refractivity contribution is 5.92. The first kappa shape index (κ1) is 20.8. The maximum atomic E-state index is 13.1. The molecule has 7 nitrogen and oxygen atoms in total. The van der Waals surface area contributed by atoms with E-state index in [4.69, 9.17) is 14.2 Å². The van der Waals surface area contributed by atoms with Gasteiger partial charge in [0.25, 0.3) is 5.91 Å². The van der Waals surface area contributed by atoms with E-state index in [-0.39, 0.29) is 12.0 Å². The number of amides is 1. The average molecular weight is 397 g/mol. The van der Waals surface area contributed by atoms with Gasteiger partial charge in [0.1, 0.15) is 12.3 Å². The molecule has 1 aromatic carbocycles. The molecule has 0 aliphatic carbocycles. The summed E-state index contributed by atoms with van der Waals surface area (Å²) in [5.74, 6) is 1.08. The largest absolute Gasteiger partial charge is 0.493 e. The van der Waals surface area contributed by atoms with Gasteiger partial charge < -0.3 is 19.1 Å². The first-order chi connectivity index (χ1) is 14.1. The van der Waals surface area contributed by atoms with Gasteiger partial charge in [-0.3, -0.25) is 9.78 Å². The van der Waals surface area contributed by atoms with E-state index in [1.54, 1.807) is 24.3 Å². The van der Waals surface area contributed by atoms with Gasteiger partial charge in [-0.15, -0.1) is 0 Å². The van der Waals surface area contributed by atoms with Crippen LogP contribution in [0, 0.1) is 6.92 Å². The smallest absolute Gasteiger partial charge is 0.274 e. The monoisotopic (exact) mass is 397 g/mol. The Balaban J connectivity index is 1.81. The number of benzene rings is 1. The van der Waals surface area contributed by atoms with Gasteiger partial charge in [0, 0.05) is 25.9 Å². The number of aromatic nitrogens is 2. The van der Waals surface area contributed by atoms with Crippen molar-refractivity contribution in [3.8, 4) is 11.5 Å². The van der Waals surface area contributed by atoms with E-state index in [2.05, 4.69) is 16.5 Å². The van der Waals surface area contributed by atoms with Crippen LogP contribution in [0.2, 0.25) is 0 Å².